The van der Waals surface area contributed by atoms with Crippen LogP contribution in [0.25, 0.3) is 0 Å². The number of hydrogen-bond acceptors (Lipinski definition) is 2. The van der Waals surface area contributed by atoms with Gasteiger partial charge >= 0.3 is 0 Å². The molecular formula is C14H21FN2. The van der Waals surface area contributed by atoms with E-state index >= 15 is 0 Å². The smallest absolute Gasteiger partial charge is 0.125 e. The van der Waals surface area contributed by atoms with Crippen LogP contribution in [-0.4, -0.2) is 20.1 Å². The van der Waals surface area contributed by atoms with Crippen LogP contribution < -0.4 is 10.2 Å². The molecule has 2 nitrogen and oxygen atoms in total. The molecule has 2 atom stereocenters. The molecule has 17 heavy (non-hydrogen) atoms. The fourth-order valence-corrected chi connectivity index (χ4v) is 2.46. The van der Waals surface area contributed by atoms with Crippen molar-refractivity contribution in [3.8, 4) is 0 Å². The summed E-state index contributed by atoms with van der Waals surface area (Å²) < 4.78 is 13.5. The summed E-state index contributed by atoms with van der Waals surface area (Å²) >= 11 is 0. The predicted molar refractivity (Wildman–Crippen MR) is 69.7 cm³/mol. The molecule has 1 aliphatic rings. The Bertz CT molecular complexity index is 382. The van der Waals surface area contributed by atoms with Gasteiger partial charge in [0.1, 0.15) is 5.82 Å². The first-order valence-corrected chi connectivity index (χ1v) is 6.29. The third-order valence-corrected chi connectivity index (χ3v) is 3.68. The summed E-state index contributed by atoms with van der Waals surface area (Å²) in [6.07, 6.45) is 0. The second kappa shape index (κ2) is 5.05. The molecule has 2 unspecified atom stereocenters. The molecule has 1 saturated heterocycles. The van der Waals surface area contributed by atoms with E-state index in [1.54, 1.807) is 12.1 Å². The summed E-state index contributed by atoms with van der Waals surface area (Å²) in [5.41, 5.74) is 2.03. The molecule has 1 aromatic rings. The van der Waals surface area contributed by atoms with E-state index in [0.29, 0.717) is 18.4 Å². The summed E-state index contributed by atoms with van der Waals surface area (Å²) in [6.45, 7) is 7.30. The Morgan fingerprint density at radius 2 is 1.88 bits per heavy atom. The molecule has 0 saturated carbocycles. The van der Waals surface area contributed by atoms with E-state index in [1.807, 2.05) is 7.05 Å². The second-order valence-electron chi connectivity index (χ2n) is 5.21. The average Bonchev–Trinajstić information content (AvgIpc) is 2.59. The molecule has 1 fully saturated rings. The number of anilines is 1. The number of hydrogen-bond donors (Lipinski definition) is 1. The summed E-state index contributed by atoms with van der Waals surface area (Å²) in [5.74, 6) is 1.23. The van der Waals surface area contributed by atoms with Crippen molar-refractivity contribution in [2.45, 2.75) is 20.4 Å². The van der Waals surface area contributed by atoms with E-state index in [0.717, 1.165) is 24.3 Å². The van der Waals surface area contributed by atoms with E-state index in [2.05, 4.69) is 30.1 Å². The highest BCUT2D eigenvalue weighted by molar-refractivity contribution is 5.50. The van der Waals surface area contributed by atoms with Crippen LogP contribution >= 0.6 is 0 Å². The van der Waals surface area contributed by atoms with Crippen molar-refractivity contribution in [3.63, 3.8) is 0 Å². The van der Waals surface area contributed by atoms with Crippen LogP contribution in [0.1, 0.15) is 19.4 Å². The summed E-state index contributed by atoms with van der Waals surface area (Å²) in [4.78, 5) is 2.29. The Balaban J connectivity index is 2.20. The highest BCUT2D eigenvalue weighted by Gasteiger charge is 2.26. The zero-order chi connectivity index (χ0) is 12.4. The van der Waals surface area contributed by atoms with Crippen molar-refractivity contribution < 1.29 is 4.39 Å². The van der Waals surface area contributed by atoms with Crippen LogP contribution in [0.2, 0.25) is 0 Å². The number of rotatable bonds is 3. The predicted octanol–water partition coefficient (Wildman–Crippen LogP) is 2.64. The third kappa shape index (κ3) is 2.78. The van der Waals surface area contributed by atoms with Gasteiger partial charge in [-0.1, -0.05) is 13.8 Å². The Kier molecular flexibility index (Phi) is 3.67. The summed E-state index contributed by atoms with van der Waals surface area (Å²) in [7, 11) is 1.88. The van der Waals surface area contributed by atoms with Crippen LogP contribution in [0.3, 0.4) is 0 Å². The molecule has 0 spiro atoms. The lowest BCUT2D eigenvalue weighted by atomic mass is 10.0. The zero-order valence-corrected chi connectivity index (χ0v) is 10.8. The molecule has 0 radical (unpaired) electrons. The number of nitrogens with one attached hydrogen (secondary N) is 1. The van der Waals surface area contributed by atoms with Crippen LogP contribution in [-0.2, 0) is 6.54 Å². The van der Waals surface area contributed by atoms with Crippen molar-refractivity contribution in [2.24, 2.45) is 11.8 Å². The topological polar surface area (TPSA) is 15.3 Å². The number of halogens is 1. The van der Waals surface area contributed by atoms with Gasteiger partial charge in [-0.15, -0.1) is 0 Å². The summed E-state index contributed by atoms with van der Waals surface area (Å²) in [6, 6.07) is 5.33. The highest BCUT2D eigenvalue weighted by Crippen LogP contribution is 2.28. The Labute approximate surface area is 103 Å². The van der Waals surface area contributed by atoms with Gasteiger partial charge in [-0.3, -0.25) is 0 Å². The summed E-state index contributed by atoms with van der Waals surface area (Å²) in [5, 5.41) is 3.06. The molecule has 0 amide bonds. The first-order chi connectivity index (χ1) is 8.10. The van der Waals surface area contributed by atoms with Gasteiger partial charge in [-0.25, -0.2) is 4.39 Å². The quantitative estimate of drug-likeness (QED) is 0.868. The maximum Gasteiger partial charge on any atom is 0.125 e. The molecule has 2 rings (SSSR count). The molecule has 1 heterocycles. The Morgan fingerprint density at radius 1 is 1.24 bits per heavy atom. The lowest BCUT2D eigenvalue weighted by Crippen LogP contribution is -2.20. The van der Waals surface area contributed by atoms with Crippen LogP contribution in [0.15, 0.2) is 18.2 Å². The minimum atomic E-state index is -0.139. The number of nitrogens with zero attached hydrogens (tertiary/aromatic N) is 1. The lowest BCUT2D eigenvalue weighted by molar-refractivity contribution is 0.494. The van der Waals surface area contributed by atoms with Gasteiger partial charge in [0.2, 0.25) is 0 Å². The van der Waals surface area contributed by atoms with Crippen molar-refractivity contribution in [2.75, 3.05) is 25.0 Å². The standard InChI is InChI=1S/C14H21FN2/c1-10-8-17(9-11(10)2)14-5-12(7-16-3)4-13(15)6-14/h4-6,10-11,16H,7-9H2,1-3H3. The van der Waals surface area contributed by atoms with Crippen LogP contribution in [0.4, 0.5) is 10.1 Å². The zero-order valence-electron chi connectivity index (χ0n) is 10.8. The van der Waals surface area contributed by atoms with Gasteiger partial charge in [-0.2, -0.15) is 0 Å². The second-order valence-corrected chi connectivity index (χ2v) is 5.21. The fraction of sp³-hybridized carbons (Fsp3) is 0.571. The maximum atomic E-state index is 13.5. The SMILES string of the molecule is CNCc1cc(F)cc(N2CC(C)C(C)C2)c1. The fourth-order valence-electron chi connectivity index (χ4n) is 2.46. The molecule has 1 aromatic carbocycles. The molecule has 94 valence electrons. The molecular weight excluding hydrogens is 215 g/mol. The van der Waals surface area contributed by atoms with Gasteiger partial charge < -0.3 is 10.2 Å². The maximum absolute atomic E-state index is 13.5. The lowest BCUT2D eigenvalue weighted by Gasteiger charge is -2.19. The molecule has 0 bridgehead atoms. The average molecular weight is 236 g/mol. The minimum absolute atomic E-state index is 0.139. The third-order valence-electron chi connectivity index (χ3n) is 3.68. The molecule has 0 aromatic heterocycles. The first kappa shape index (κ1) is 12.4. The molecule has 1 N–H and O–H groups in total. The highest BCUT2D eigenvalue weighted by atomic mass is 19.1. The van der Waals surface area contributed by atoms with Gasteiger partial charge in [0.15, 0.2) is 0 Å². The largest absolute Gasteiger partial charge is 0.371 e. The van der Waals surface area contributed by atoms with Gasteiger partial charge in [0.25, 0.3) is 0 Å². The van der Waals surface area contributed by atoms with Crippen LogP contribution in [0.5, 0.6) is 0 Å². The van der Waals surface area contributed by atoms with Gasteiger partial charge in [0, 0.05) is 25.3 Å². The normalized spacial score (nSPS) is 24.4. The van der Waals surface area contributed by atoms with Crippen LogP contribution in [0, 0.1) is 17.7 Å². The Morgan fingerprint density at radius 3 is 2.47 bits per heavy atom. The van der Waals surface area contributed by atoms with Gasteiger partial charge in [-0.05, 0) is 42.6 Å². The minimum Gasteiger partial charge on any atom is -0.371 e. The van der Waals surface area contributed by atoms with Crippen molar-refractivity contribution in [1.82, 2.24) is 5.32 Å². The van der Waals surface area contributed by atoms with E-state index < -0.39 is 0 Å². The van der Waals surface area contributed by atoms with E-state index in [-0.39, 0.29) is 5.82 Å². The van der Waals surface area contributed by atoms with Crippen molar-refractivity contribution in [3.05, 3.63) is 29.6 Å². The van der Waals surface area contributed by atoms with Crippen molar-refractivity contribution in [1.29, 1.82) is 0 Å². The molecule has 3 heteroatoms. The Hall–Kier alpha value is -1.09. The van der Waals surface area contributed by atoms with E-state index in [1.165, 1.54) is 0 Å². The first-order valence-electron chi connectivity index (χ1n) is 6.29. The van der Waals surface area contributed by atoms with E-state index in [9.17, 15) is 4.39 Å². The molecule has 0 aliphatic carbocycles. The molecule has 1 aliphatic heterocycles. The van der Waals surface area contributed by atoms with Crippen molar-refractivity contribution >= 4 is 5.69 Å². The van der Waals surface area contributed by atoms with E-state index in [4.69, 9.17) is 0 Å². The van der Waals surface area contributed by atoms with Gasteiger partial charge in [0.05, 0.1) is 0 Å². The number of benzene rings is 1. The monoisotopic (exact) mass is 236 g/mol.